The van der Waals surface area contributed by atoms with E-state index < -0.39 is 76.3 Å². The van der Waals surface area contributed by atoms with E-state index >= 15 is 8.78 Å². The first-order valence-electron chi connectivity index (χ1n) is 11.3. The second kappa shape index (κ2) is 6.34. The summed E-state index contributed by atoms with van der Waals surface area (Å²) in [5.74, 6) is -3.53. The maximum absolute atomic E-state index is 17.1. The van der Waals surface area contributed by atoms with Gasteiger partial charge in [0.2, 0.25) is 0 Å². The lowest BCUT2D eigenvalue weighted by atomic mass is 9.44. The molecule has 0 aromatic heterocycles. The van der Waals surface area contributed by atoms with Gasteiger partial charge in [0, 0.05) is 16.7 Å². The monoisotopic (exact) mass is 455 g/mol. The van der Waals surface area contributed by atoms with Crippen molar-refractivity contribution in [3.63, 3.8) is 0 Å². The van der Waals surface area contributed by atoms with Gasteiger partial charge in [0.15, 0.2) is 28.6 Å². The Labute approximate surface area is 185 Å². The zero-order chi connectivity index (χ0) is 23.5. The first kappa shape index (κ1) is 22.3. The van der Waals surface area contributed by atoms with Crippen LogP contribution in [0.3, 0.4) is 0 Å². The average molecular weight is 455 g/mol. The van der Waals surface area contributed by atoms with Crippen molar-refractivity contribution < 1.29 is 38.1 Å². The molecular formula is C24H30F2O6. The van der Waals surface area contributed by atoms with Crippen LogP contribution in [0.4, 0.5) is 8.78 Å². The standard InChI is InChI=1S/C24H30F2O6/c1-20(2)31-19-9-13-14-8-16(25)15-7-12(28)5-6-21(15,3)23(14,26)17(29)10-22(13,4)24(19,32-20)18(30)11-27/h5-7,13-14,16-17,19,27,29H,8-11H2,1-4H3/t13-,14-,16-,17-,19?,21-,22-,23-,24+/m0/s1/i1+1,2+1,20+1. The van der Waals surface area contributed by atoms with Gasteiger partial charge in [-0.3, -0.25) is 9.59 Å². The van der Waals surface area contributed by atoms with Crippen molar-refractivity contribution in [1.29, 1.82) is 0 Å². The zero-order valence-electron chi connectivity index (χ0n) is 18.7. The number of aliphatic hydroxyl groups is 2. The maximum Gasteiger partial charge on any atom is 0.193 e. The Morgan fingerprint density at radius 3 is 2.56 bits per heavy atom. The number of hydrogen-bond donors (Lipinski definition) is 2. The van der Waals surface area contributed by atoms with Gasteiger partial charge in [0.05, 0.1) is 12.2 Å². The molecule has 3 saturated carbocycles. The fraction of sp³-hybridized carbons (Fsp3) is 0.750. The predicted molar refractivity (Wildman–Crippen MR) is 109 cm³/mol. The van der Waals surface area contributed by atoms with Crippen molar-refractivity contribution in [2.45, 2.75) is 82.4 Å². The van der Waals surface area contributed by atoms with E-state index in [0.29, 0.717) is 0 Å². The van der Waals surface area contributed by atoms with Crippen LogP contribution in [-0.2, 0) is 19.1 Å². The van der Waals surface area contributed by atoms with E-state index in [4.69, 9.17) is 9.47 Å². The highest BCUT2D eigenvalue weighted by Crippen LogP contribution is 2.72. The van der Waals surface area contributed by atoms with Crippen LogP contribution in [0.15, 0.2) is 23.8 Å². The lowest BCUT2D eigenvalue weighted by molar-refractivity contribution is -0.248. The van der Waals surface area contributed by atoms with Crippen LogP contribution in [-0.4, -0.2) is 63.8 Å². The number of ketones is 2. The predicted octanol–water partition coefficient (Wildman–Crippen LogP) is 2.37. The number of rotatable bonds is 2. The molecule has 0 spiro atoms. The van der Waals surface area contributed by atoms with Gasteiger partial charge in [-0.1, -0.05) is 13.0 Å². The molecule has 6 nitrogen and oxygen atoms in total. The van der Waals surface area contributed by atoms with Crippen LogP contribution in [0.25, 0.3) is 0 Å². The van der Waals surface area contributed by atoms with Crippen molar-refractivity contribution in [2.75, 3.05) is 6.61 Å². The number of carbonyl (C=O) groups excluding carboxylic acids is 2. The van der Waals surface area contributed by atoms with Crippen LogP contribution in [0.5, 0.6) is 0 Å². The summed E-state index contributed by atoms with van der Waals surface area (Å²) in [6, 6.07) is 0. The average Bonchev–Trinajstić information content (AvgIpc) is 3.11. The molecule has 1 unspecified atom stereocenters. The number of ether oxygens (including phenoxy) is 2. The molecule has 8 heteroatoms. The summed E-state index contributed by atoms with van der Waals surface area (Å²) in [5.41, 5.74) is -6.30. The molecule has 9 atom stereocenters. The Morgan fingerprint density at radius 2 is 1.91 bits per heavy atom. The maximum atomic E-state index is 17.1. The highest BCUT2D eigenvalue weighted by atomic mass is 19.1. The van der Waals surface area contributed by atoms with Crippen molar-refractivity contribution in [2.24, 2.45) is 22.7 Å². The number of aliphatic hydroxyl groups excluding tert-OH is 2. The molecule has 0 radical (unpaired) electrons. The molecule has 0 aromatic carbocycles. The minimum Gasteiger partial charge on any atom is -0.390 e. The molecule has 5 aliphatic rings. The van der Waals surface area contributed by atoms with Crippen LogP contribution in [0.1, 0.15) is 47.0 Å². The summed E-state index contributed by atoms with van der Waals surface area (Å²) in [4.78, 5) is 25.1. The molecule has 2 N–H and O–H groups in total. The van der Waals surface area contributed by atoms with Crippen LogP contribution in [0, 0.1) is 22.7 Å². The number of carbonyl (C=O) groups is 2. The van der Waals surface area contributed by atoms with Crippen LogP contribution in [0.2, 0.25) is 0 Å². The summed E-state index contributed by atoms with van der Waals surface area (Å²) in [7, 11) is 0. The third-order valence-corrected chi connectivity index (χ3v) is 9.18. The van der Waals surface area contributed by atoms with Crippen LogP contribution < -0.4 is 0 Å². The number of allylic oxidation sites excluding steroid dienone is 4. The van der Waals surface area contributed by atoms with Gasteiger partial charge < -0.3 is 19.7 Å². The number of Topliss-reactive ketones (excluding diaryl/α,β-unsaturated/α-hetero) is 1. The SMILES string of the molecule is C[C@]12C=CC(=O)C=C1[C@@H](F)C[C@H]1[C@@H]3CC4O[13C]([13CH3])([13CH3])O[C@@]4(C(=O)CO)[C@@]3(C)C[C@H](O)[C@@]12F. The van der Waals surface area contributed by atoms with Gasteiger partial charge >= 0.3 is 0 Å². The Balaban J connectivity index is 1.66. The first-order valence-corrected chi connectivity index (χ1v) is 11.3. The minimum absolute atomic E-state index is 0.0550. The fourth-order valence-electron chi connectivity index (χ4n) is 7.92. The Hall–Kier alpha value is -1.48. The Bertz CT molecular complexity index is 960. The van der Waals surface area contributed by atoms with E-state index in [2.05, 4.69) is 0 Å². The van der Waals surface area contributed by atoms with Crippen molar-refractivity contribution >= 4 is 11.6 Å². The van der Waals surface area contributed by atoms with Gasteiger partial charge in [0.1, 0.15) is 12.8 Å². The van der Waals surface area contributed by atoms with E-state index in [1.54, 1.807) is 20.8 Å². The molecule has 176 valence electrons. The molecule has 1 aliphatic heterocycles. The lowest BCUT2D eigenvalue weighted by Gasteiger charge is -2.63. The van der Waals surface area contributed by atoms with Gasteiger partial charge in [-0.05, 0) is 63.7 Å². The number of alkyl halides is 2. The third kappa shape index (κ3) is 2.32. The highest BCUT2D eigenvalue weighted by molar-refractivity contribution is 6.01. The second-order valence-corrected chi connectivity index (χ2v) is 11.0. The molecule has 1 saturated heterocycles. The van der Waals surface area contributed by atoms with Crippen molar-refractivity contribution in [3.8, 4) is 0 Å². The van der Waals surface area contributed by atoms with Gasteiger partial charge in [-0.15, -0.1) is 0 Å². The fourth-order valence-corrected chi connectivity index (χ4v) is 7.92. The quantitative estimate of drug-likeness (QED) is 0.621. The van der Waals surface area contributed by atoms with Gasteiger partial charge in [0.25, 0.3) is 0 Å². The summed E-state index contributed by atoms with van der Waals surface area (Å²) in [5, 5.41) is 21.1. The Kier molecular flexibility index (Phi) is 4.42. The van der Waals surface area contributed by atoms with Crippen molar-refractivity contribution in [1.82, 2.24) is 0 Å². The largest absolute Gasteiger partial charge is 0.390 e. The molecule has 1 heterocycles. The van der Waals surface area contributed by atoms with Crippen LogP contribution >= 0.6 is 0 Å². The lowest BCUT2D eigenvalue weighted by Crippen LogP contribution is -2.71. The molecular weight excluding hydrogens is 425 g/mol. The molecule has 0 aromatic rings. The molecule has 0 amide bonds. The second-order valence-electron chi connectivity index (χ2n) is 11.0. The van der Waals surface area contributed by atoms with Gasteiger partial charge in [-0.2, -0.15) is 0 Å². The number of hydrogen-bond acceptors (Lipinski definition) is 6. The highest BCUT2D eigenvalue weighted by Gasteiger charge is 2.80. The molecule has 4 aliphatic carbocycles. The summed E-state index contributed by atoms with van der Waals surface area (Å²) in [6.45, 7) is 5.87. The molecule has 5 rings (SSSR count). The van der Waals surface area contributed by atoms with E-state index in [0.717, 1.165) is 6.08 Å². The Morgan fingerprint density at radius 1 is 1.22 bits per heavy atom. The third-order valence-electron chi connectivity index (χ3n) is 9.18. The van der Waals surface area contributed by atoms with Gasteiger partial charge in [-0.25, -0.2) is 8.78 Å². The molecule has 32 heavy (non-hydrogen) atoms. The first-order chi connectivity index (χ1) is 14.8. The minimum atomic E-state index is -2.24. The molecule has 0 bridgehead atoms. The zero-order valence-corrected chi connectivity index (χ0v) is 18.7. The van der Waals surface area contributed by atoms with E-state index in [1.807, 2.05) is 0 Å². The van der Waals surface area contributed by atoms with E-state index in [1.165, 1.54) is 19.1 Å². The smallest absolute Gasteiger partial charge is 0.193 e. The normalized spacial score (nSPS) is 53.2. The summed E-state index contributed by atoms with van der Waals surface area (Å²) >= 11 is 0. The van der Waals surface area contributed by atoms with E-state index in [9.17, 15) is 19.8 Å². The summed E-state index contributed by atoms with van der Waals surface area (Å²) in [6.07, 6.45) is -0.151. The number of fused-ring (bicyclic) bond motifs is 7. The number of halogens is 2. The molecule has 4 fully saturated rings. The van der Waals surface area contributed by atoms with E-state index in [-0.39, 0.29) is 24.8 Å². The summed E-state index contributed by atoms with van der Waals surface area (Å²) < 4.78 is 44.8. The van der Waals surface area contributed by atoms with Crippen molar-refractivity contribution in [3.05, 3.63) is 23.8 Å². The topological polar surface area (TPSA) is 93.1 Å².